The molecule has 1 spiro atoms. The van der Waals surface area contributed by atoms with E-state index >= 15 is 0 Å². The van der Waals surface area contributed by atoms with Crippen LogP contribution in [0.5, 0.6) is 5.75 Å². The Morgan fingerprint density at radius 3 is 2.70 bits per heavy atom. The molecular formula is C19H21ClN4O3. The molecule has 1 aliphatic carbocycles. The second-order valence-electron chi connectivity index (χ2n) is 7.13. The lowest BCUT2D eigenvalue weighted by molar-refractivity contribution is 0.0696. The molecule has 2 aliphatic rings. The number of carboxylic acid groups (broad SMARTS) is 1. The van der Waals surface area contributed by atoms with Crippen LogP contribution in [-0.4, -0.2) is 40.9 Å². The Kier molecular flexibility index (Phi) is 4.65. The highest BCUT2D eigenvalue weighted by molar-refractivity contribution is 6.32. The number of hydrogen-bond donors (Lipinski definition) is 2. The summed E-state index contributed by atoms with van der Waals surface area (Å²) in [5, 5.41) is 13.3. The van der Waals surface area contributed by atoms with E-state index in [1.165, 1.54) is 25.2 Å². The van der Waals surface area contributed by atoms with Crippen LogP contribution in [0.15, 0.2) is 30.6 Å². The Morgan fingerprint density at radius 1 is 1.37 bits per heavy atom. The smallest absolute Gasteiger partial charge is 0.338 e. The monoisotopic (exact) mass is 388 g/mol. The third kappa shape index (κ3) is 3.44. The molecule has 1 saturated carbocycles. The lowest BCUT2D eigenvalue weighted by Crippen LogP contribution is -2.46. The van der Waals surface area contributed by atoms with E-state index < -0.39 is 5.97 Å². The molecule has 27 heavy (non-hydrogen) atoms. The maximum atomic E-state index is 11.0. The molecule has 8 heteroatoms. The fourth-order valence-corrected chi connectivity index (χ4v) is 4.06. The van der Waals surface area contributed by atoms with E-state index in [0.29, 0.717) is 23.3 Å². The molecule has 2 heterocycles. The molecule has 1 atom stereocenters. The molecule has 1 aromatic carbocycles. The topological polar surface area (TPSA) is 87.6 Å². The van der Waals surface area contributed by atoms with Crippen LogP contribution in [0.25, 0.3) is 0 Å². The summed E-state index contributed by atoms with van der Waals surface area (Å²) < 4.78 is 5.20. The summed E-state index contributed by atoms with van der Waals surface area (Å²) in [6.45, 7) is 1.52. The van der Waals surface area contributed by atoms with Crippen molar-refractivity contribution in [1.82, 2.24) is 15.3 Å². The van der Waals surface area contributed by atoms with Gasteiger partial charge in [0.15, 0.2) is 0 Å². The number of methoxy groups -OCH3 is 1. The van der Waals surface area contributed by atoms with E-state index in [0.717, 1.165) is 18.5 Å². The number of anilines is 1. The van der Waals surface area contributed by atoms with Crippen molar-refractivity contribution in [2.24, 2.45) is 5.41 Å². The van der Waals surface area contributed by atoms with Gasteiger partial charge in [0, 0.05) is 30.9 Å². The van der Waals surface area contributed by atoms with Crippen LogP contribution in [0.1, 0.15) is 35.2 Å². The van der Waals surface area contributed by atoms with Crippen molar-refractivity contribution in [3.05, 3.63) is 46.7 Å². The van der Waals surface area contributed by atoms with Crippen molar-refractivity contribution >= 4 is 23.5 Å². The van der Waals surface area contributed by atoms with Crippen molar-refractivity contribution in [3.63, 3.8) is 0 Å². The number of halogens is 1. The molecule has 0 bridgehead atoms. The van der Waals surface area contributed by atoms with Gasteiger partial charge in [-0.2, -0.15) is 0 Å². The van der Waals surface area contributed by atoms with E-state index in [4.69, 9.17) is 21.4 Å². The predicted molar refractivity (Wildman–Crippen MR) is 101 cm³/mol. The Balaban J connectivity index is 1.50. The number of carbonyl (C=O) groups is 1. The van der Waals surface area contributed by atoms with Gasteiger partial charge in [-0.1, -0.05) is 17.7 Å². The van der Waals surface area contributed by atoms with Crippen molar-refractivity contribution < 1.29 is 14.6 Å². The van der Waals surface area contributed by atoms with Crippen LogP contribution in [0.2, 0.25) is 5.02 Å². The highest BCUT2D eigenvalue weighted by Crippen LogP contribution is 2.56. The summed E-state index contributed by atoms with van der Waals surface area (Å²) in [6, 6.07) is 5.77. The van der Waals surface area contributed by atoms with E-state index in [-0.39, 0.29) is 17.1 Å². The van der Waals surface area contributed by atoms with Crippen LogP contribution in [0.4, 0.5) is 5.95 Å². The fourth-order valence-electron chi connectivity index (χ4n) is 3.78. The SMILES string of the molecule is COc1ccc(CNC2N(c3ncc(C(=O)O)cn3)CCC23CC3)cc1Cl. The number of ether oxygens (including phenoxy) is 1. The molecule has 1 aliphatic heterocycles. The summed E-state index contributed by atoms with van der Waals surface area (Å²) in [6.07, 6.45) is 6.29. The summed E-state index contributed by atoms with van der Waals surface area (Å²) in [5.74, 6) is 0.204. The van der Waals surface area contributed by atoms with E-state index in [2.05, 4.69) is 20.2 Å². The van der Waals surface area contributed by atoms with Gasteiger partial charge in [0.2, 0.25) is 5.95 Å². The van der Waals surface area contributed by atoms with Crippen molar-refractivity contribution in [2.75, 3.05) is 18.6 Å². The Morgan fingerprint density at radius 2 is 2.11 bits per heavy atom. The molecule has 2 aromatic rings. The number of aromatic carboxylic acids is 1. The molecule has 142 valence electrons. The highest BCUT2D eigenvalue weighted by Gasteiger charge is 2.56. The van der Waals surface area contributed by atoms with Gasteiger partial charge >= 0.3 is 5.97 Å². The molecule has 1 saturated heterocycles. The molecule has 2 N–H and O–H groups in total. The summed E-state index contributed by atoms with van der Waals surface area (Å²) in [5.41, 5.74) is 1.42. The first kappa shape index (κ1) is 18.0. The maximum Gasteiger partial charge on any atom is 0.338 e. The fraction of sp³-hybridized carbons (Fsp3) is 0.421. The third-order valence-electron chi connectivity index (χ3n) is 5.49. The number of aromatic nitrogens is 2. The highest BCUT2D eigenvalue weighted by atomic mass is 35.5. The Hall–Kier alpha value is -2.38. The Labute approximate surface area is 162 Å². The zero-order valence-corrected chi connectivity index (χ0v) is 15.7. The average Bonchev–Trinajstić information content (AvgIpc) is 3.35. The lowest BCUT2D eigenvalue weighted by atomic mass is 10.0. The maximum absolute atomic E-state index is 11.0. The summed E-state index contributed by atoms with van der Waals surface area (Å²) in [4.78, 5) is 21.7. The van der Waals surface area contributed by atoms with Crippen LogP contribution in [0.3, 0.4) is 0 Å². The number of hydrogen-bond acceptors (Lipinski definition) is 6. The molecule has 2 fully saturated rings. The number of rotatable bonds is 6. The predicted octanol–water partition coefficient (Wildman–Crippen LogP) is 2.94. The largest absolute Gasteiger partial charge is 0.495 e. The van der Waals surface area contributed by atoms with Crippen LogP contribution in [0, 0.1) is 5.41 Å². The van der Waals surface area contributed by atoms with Gasteiger partial charge in [0.1, 0.15) is 5.75 Å². The van der Waals surface area contributed by atoms with E-state index in [9.17, 15) is 4.79 Å². The standard InChI is InChI=1S/C19H21ClN4O3/c1-27-15-3-2-12(8-14(15)20)9-21-17-19(4-5-19)6-7-24(17)18-22-10-13(11-23-18)16(25)26/h2-3,8,10-11,17,21H,4-7,9H2,1H3,(H,25,26). The van der Waals surface area contributed by atoms with Crippen LogP contribution in [-0.2, 0) is 6.54 Å². The minimum atomic E-state index is -1.02. The molecule has 4 rings (SSSR count). The minimum Gasteiger partial charge on any atom is -0.495 e. The lowest BCUT2D eigenvalue weighted by Gasteiger charge is -2.29. The molecule has 7 nitrogen and oxygen atoms in total. The second kappa shape index (κ2) is 6.98. The zero-order valence-electron chi connectivity index (χ0n) is 15.0. The molecule has 1 unspecified atom stereocenters. The number of carboxylic acids is 1. The summed E-state index contributed by atoms with van der Waals surface area (Å²) in [7, 11) is 1.60. The quantitative estimate of drug-likeness (QED) is 0.786. The number of nitrogens with zero attached hydrogens (tertiary/aromatic N) is 3. The first-order chi connectivity index (χ1) is 13.0. The Bertz CT molecular complexity index is 855. The zero-order chi connectivity index (χ0) is 19.0. The van der Waals surface area contributed by atoms with Crippen LogP contribution < -0.4 is 15.0 Å². The van der Waals surface area contributed by atoms with E-state index in [1.807, 2.05) is 18.2 Å². The van der Waals surface area contributed by atoms with Gasteiger partial charge in [0.25, 0.3) is 0 Å². The molecule has 0 radical (unpaired) electrons. The van der Waals surface area contributed by atoms with Gasteiger partial charge in [-0.05, 0) is 37.0 Å². The van der Waals surface area contributed by atoms with Gasteiger partial charge in [-0.25, -0.2) is 14.8 Å². The van der Waals surface area contributed by atoms with Crippen LogP contribution >= 0.6 is 11.6 Å². The average molecular weight is 389 g/mol. The number of benzene rings is 1. The molecule has 0 amide bonds. The van der Waals surface area contributed by atoms with E-state index in [1.54, 1.807) is 7.11 Å². The normalized spacial score (nSPS) is 20.1. The first-order valence-corrected chi connectivity index (χ1v) is 9.28. The van der Waals surface area contributed by atoms with Crippen molar-refractivity contribution in [1.29, 1.82) is 0 Å². The molecule has 1 aromatic heterocycles. The van der Waals surface area contributed by atoms with Gasteiger partial charge in [-0.3, -0.25) is 5.32 Å². The van der Waals surface area contributed by atoms with Gasteiger partial charge in [-0.15, -0.1) is 0 Å². The van der Waals surface area contributed by atoms with Crippen molar-refractivity contribution in [2.45, 2.75) is 32.0 Å². The van der Waals surface area contributed by atoms with Gasteiger partial charge < -0.3 is 14.7 Å². The first-order valence-electron chi connectivity index (χ1n) is 8.90. The molecular weight excluding hydrogens is 368 g/mol. The number of nitrogens with one attached hydrogen (secondary N) is 1. The summed E-state index contributed by atoms with van der Waals surface area (Å²) >= 11 is 6.23. The van der Waals surface area contributed by atoms with Gasteiger partial charge in [0.05, 0.1) is 23.9 Å². The third-order valence-corrected chi connectivity index (χ3v) is 5.79. The second-order valence-corrected chi connectivity index (χ2v) is 7.54. The minimum absolute atomic E-state index is 0.0940. The van der Waals surface area contributed by atoms with Crippen molar-refractivity contribution in [3.8, 4) is 5.75 Å².